The topological polar surface area (TPSA) is 73.7 Å². The Morgan fingerprint density at radius 3 is 2.69 bits per heavy atom. The number of carbonyl (C=O) groups excluding carboxylic acids is 1. The van der Waals surface area contributed by atoms with Gasteiger partial charge >= 0.3 is 5.97 Å². The zero-order valence-electron chi connectivity index (χ0n) is 14.5. The number of carboxylic acids is 1. The van der Waals surface area contributed by atoms with Crippen molar-refractivity contribution < 1.29 is 14.7 Å². The number of aromatic carboxylic acids is 1. The zero-order valence-corrected chi connectivity index (χ0v) is 14.5. The van der Waals surface area contributed by atoms with E-state index in [9.17, 15) is 14.7 Å². The summed E-state index contributed by atoms with van der Waals surface area (Å²) in [6.45, 7) is 3.23. The van der Waals surface area contributed by atoms with Gasteiger partial charge in [0.1, 0.15) is 0 Å². The SMILES string of the molecule is O=C(O)c1cccc2c1C(=O)N(C1CCN(Cc3cccnc3)CC1)C2. The van der Waals surface area contributed by atoms with Crippen LogP contribution in [0.1, 0.15) is 44.7 Å². The minimum atomic E-state index is -1.04. The number of likely N-dealkylation sites (tertiary alicyclic amines) is 1. The Morgan fingerprint density at radius 1 is 1.19 bits per heavy atom. The van der Waals surface area contributed by atoms with Gasteiger partial charge in [-0.1, -0.05) is 18.2 Å². The van der Waals surface area contributed by atoms with E-state index >= 15 is 0 Å². The van der Waals surface area contributed by atoms with Crippen LogP contribution in [0.15, 0.2) is 42.7 Å². The van der Waals surface area contributed by atoms with Crippen LogP contribution in [-0.2, 0) is 13.1 Å². The number of rotatable bonds is 4. The Balaban J connectivity index is 1.42. The maximum Gasteiger partial charge on any atom is 0.336 e. The molecule has 1 N–H and O–H groups in total. The number of aromatic nitrogens is 1. The molecule has 1 aromatic heterocycles. The van der Waals surface area contributed by atoms with Crippen molar-refractivity contribution in [3.63, 3.8) is 0 Å². The molecule has 2 aliphatic heterocycles. The van der Waals surface area contributed by atoms with Gasteiger partial charge in [0.05, 0.1) is 11.1 Å². The minimum absolute atomic E-state index is 0.115. The third-order valence-electron chi connectivity index (χ3n) is 5.32. The van der Waals surface area contributed by atoms with Crippen LogP contribution >= 0.6 is 0 Å². The summed E-state index contributed by atoms with van der Waals surface area (Å²) in [5.41, 5.74) is 2.51. The molecule has 6 nitrogen and oxygen atoms in total. The van der Waals surface area contributed by atoms with Crippen molar-refractivity contribution in [1.29, 1.82) is 0 Å². The van der Waals surface area contributed by atoms with Crippen molar-refractivity contribution in [2.24, 2.45) is 0 Å². The molecular formula is C20H21N3O3. The summed E-state index contributed by atoms with van der Waals surface area (Å²) >= 11 is 0. The first-order valence-corrected chi connectivity index (χ1v) is 8.91. The van der Waals surface area contributed by atoms with Gasteiger partial charge in [0.15, 0.2) is 0 Å². The number of carboxylic acid groups (broad SMARTS) is 1. The number of pyridine rings is 1. The van der Waals surface area contributed by atoms with Gasteiger partial charge in [-0.25, -0.2) is 4.79 Å². The summed E-state index contributed by atoms with van der Waals surface area (Å²) in [5, 5.41) is 9.36. The van der Waals surface area contributed by atoms with Gasteiger partial charge in [-0.15, -0.1) is 0 Å². The van der Waals surface area contributed by atoms with Gasteiger partial charge in [0, 0.05) is 44.6 Å². The molecule has 2 aliphatic rings. The summed E-state index contributed by atoms with van der Waals surface area (Å²) in [7, 11) is 0. The van der Waals surface area contributed by atoms with Crippen molar-refractivity contribution in [1.82, 2.24) is 14.8 Å². The molecule has 1 aromatic carbocycles. The van der Waals surface area contributed by atoms with E-state index in [0.29, 0.717) is 12.1 Å². The molecule has 0 spiro atoms. The Morgan fingerprint density at radius 2 is 2.00 bits per heavy atom. The lowest BCUT2D eigenvalue weighted by Crippen LogP contribution is -2.44. The molecule has 134 valence electrons. The Bertz CT molecular complexity index is 829. The molecule has 0 unspecified atom stereocenters. The lowest BCUT2D eigenvalue weighted by atomic mass is 10.0. The highest BCUT2D eigenvalue weighted by Crippen LogP contribution is 2.31. The molecule has 26 heavy (non-hydrogen) atoms. The largest absolute Gasteiger partial charge is 0.478 e. The predicted octanol–water partition coefficient (Wildman–Crippen LogP) is 2.40. The molecular weight excluding hydrogens is 330 g/mol. The van der Waals surface area contributed by atoms with Crippen molar-refractivity contribution in [3.8, 4) is 0 Å². The second-order valence-corrected chi connectivity index (χ2v) is 6.95. The second-order valence-electron chi connectivity index (χ2n) is 6.95. The smallest absolute Gasteiger partial charge is 0.336 e. The van der Waals surface area contributed by atoms with Crippen LogP contribution in [0.5, 0.6) is 0 Å². The lowest BCUT2D eigenvalue weighted by molar-refractivity contribution is 0.0580. The first-order valence-electron chi connectivity index (χ1n) is 8.91. The standard InChI is InChI=1S/C20H21N3O3/c24-19-18-15(4-1-5-17(18)20(25)26)13-23(19)16-6-9-22(10-7-16)12-14-3-2-8-21-11-14/h1-5,8,11,16H,6-7,9-10,12-13H2,(H,25,26). The minimum Gasteiger partial charge on any atom is -0.478 e. The lowest BCUT2D eigenvalue weighted by Gasteiger charge is -2.36. The zero-order chi connectivity index (χ0) is 18.1. The van der Waals surface area contributed by atoms with Gasteiger partial charge in [-0.2, -0.15) is 0 Å². The van der Waals surface area contributed by atoms with Crippen LogP contribution in [-0.4, -0.2) is 50.9 Å². The molecule has 3 heterocycles. The fourth-order valence-electron chi connectivity index (χ4n) is 4.00. The van der Waals surface area contributed by atoms with Gasteiger partial charge in [0.25, 0.3) is 5.91 Å². The molecule has 0 radical (unpaired) electrons. The maximum absolute atomic E-state index is 12.8. The van der Waals surface area contributed by atoms with E-state index in [4.69, 9.17) is 0 Å². The summed E-state index contributed by atoms with van der Waals surface area (Å²) in [6, 6.07) is 9.28. The number of hydrogen-bond acceptors (Lipinski definition) is 4. The summed E-state index contributed by atoms with van der Waals surface area (Å²) < 4.78 is 0. The number of nitrogens with zero attached hydrogens (tertiary/aromatic N) is 3. The number of carbonyl (C=O) groups is 2. The number of hydrogen-bond donors (Lipinski definition) is 1. The van der Waals surface area contributed by atoms with Gasteiger partial charge in [0.2, 0.25) is 0 Å². The molecule has 6 heteroatoms. The first-order chi connectivity index (χ1) is 12.6. The van der Waals surface area contributed by atoms with E-state index < -0.39 is 5.97 Å². The molecule has 0 saturated carbocycles. The molecule has 0 aliphatic carbocycles. The Hall–Kier alpha value is -2.73. The fraction of sp³-hybridized carbons (Fsp3) is 0.350. The van der Waals surface area contributed by atoms with Gasteiger partial charge < -0.3 is 10.0 Å². The fourth-order valence-corrected chi connectivity index (χ4v) is 4.00. The molecule has 2 aromatic rings. The van der Waals surface area contributed by atoms with Crippen molar-refractivity contribution in [3.05, 3.63) is 65.0 Å². The molecule has 1 saturated heterocycles. The van der Waals surface area contributed by atoms with Crippen LogP contribution in [0.2, 0.25) is 0 Å². The van der Waals surface area contributed by atoms with Gasteiger partial charge in [-0.3, -0.25) is 14.7 Å². The van der Waals surface area contributed by atoms with Gasteiger partial charge in [-0.05, 0) is 36.1 Å². The van der Waals surface area contributed by atoms with E-state index in [1.807, 2.05) is 23.2 Å². The van der Waals surface area contributed by atoms with Crippen molar-refractivity contribution >= 4 is 11.9 Å². The van der Waals surface area contributed by atoms with Crippen molar-refractivity contribution in [2.45, 2.75) is 32.0 Å². The van der Waals surface area contributed by atoms with Crippen LogP contribution in [0.4, 0.5) is 0 Å². The van der Waals surface area contributed by atoms with E-state index in [0.717, 1.165) is 38.0 Å². The molecule has 1 amide bonds. The van der Waals surface area contributed by atoms with Crippen LogP contribution in [0.3, 0.4) is 0 Å². The normalized spacial score (nSPS) is 18.2. The van der Waals surface area contributed by atoms with E-state index in [2.05, 4.69) is 16.0 Å². The van der Waals surface area contributed by atoms with Crippen LogP contribution in [0.25, 0.3) is 0 Å². The highest BCUT2D eigenvalue weighted by atomic mass is 16.4. The number of benzene rings is 1. The van der Waals surface area contributed by atoms with E-state index in [1.54, 1.807) is 12.3 Å². The average Bonchev–Trinajstić information content (AvgIpc) is 3.00. The Kier molecular flexibility index (Phi) is 4.42. The predicted molar refractivity (Wildman–Crippen MR) is 95.8 cm³/mol. The van der Waals surface area contributed by atoms with Crippen molar-refractivity contribution in [2.75, 3.05) is 13.1 Å². The monoisotopic (exact) mass is 351 g/mol. The molecule has 0 atom stereocenters. The van der Waals surface area contributed by atoms with Crippen LogP contribution in [0, 0.1) is 0 Å². The van der Waals surface area contributed by atoms with Crippen LogP contribution < -0.4 is 0 Å². The highest BCUT2D eigenvalue weighted by Gasteiger charge is 2.36. The van der Waals surface area contributed by atoms with E-state index in [-0.39, 0.29) is 17.5 Å². The third-order valence-corrected chi connectivity index (χ3v) is 5.32. The number of piperidine rings is 1. The summed E-state index contributed by atoms with van der Waals surface area (Å²) in [5.74, 6) is -1.17. The summed E-state index contributed by atoms with van der Waals surface area (Å²) in [4.78, 5) is 32.7. The first kappa shape index (κ1) is 16.7. The quantitative estimate of drug-likeness (QED) is 0.916. The van der Waals surface area contributed by atoms with E-state index in [1.165, 1.54) is 11.6 Å². The Labute approximate surface area is 152 Å². The number of amides is 1. The second kappa shape index (κ2) is 6.88. The molecule has 1 fully saturated rings. The molecule has 4 rings (SSSR count). The third kappa shape index (κ3) is 3.08. The maximum atomic E-state index is 12.8. The average molecular weight is 351 g/mol. The summed E-state index contributed by atoms with van der Waals surface area (Å²) in [6.07, 6.45) is 5.47. The number of fused-ring (bicyclic) bond motifs is 1. The highest BCUT2D eigenvalue weighted by molar-refractivity contribution is 6.07. The molecule has 0 bridgehead atoms.